The Kier molecular flexibility index (Phi) is 5.44. The number of nitrogens with one attached hydrogen (secondary N) is 1. The van der Waals surface area contributed by atoms with Crippen LogP contribution in [0.1, 0.15) is 31.1 Å². The van der Waals surface area contributed by atoms with Crippen LogP contribution in [-0.4, -0.2) is 16.7 Å². The first-order valence-electron chi connectivity index (χ1n) is 7.25. The molecule has 1 atom stereocenters. The SMILES string of the molecule is CC(C)/C(=N\NC(=O)C(O)c1ccccc1)c1ccccc1. The van der Waals surface area contributed by atoms with Crippen LogP contribution in [-0.2, 0) is 4.79 Å². The average Bonchev–Trinajstić information content (AvgIpc) is 2.55. The van der Waals surface area contributed by atoms with Gasteiger partial charge < -0.3 is 5.11 Å². The van der Waals surface area contributed by atoms with Crippen molar-refractivity contribution in [1.29, 1.82) is 0 Å². The Labute approximate surface area is 130 Å². The van der Waals surface area contributed by atoms with Gasteiger partial charge in [0.05, 0.1) is 5.71 Å². The maximum Gasteiger partial charge on any atom is 0.273 e. The van der Waals surface area contributed by atoms with Gasteiger partial charge >= 0.3 is 0 Å². The molecule has 22 heavy (non-hydrogen) atoms. The van der Waals surface area contributed by atoms with Crippen LogP contribution in [0.5, 0.6) is 0 Å². The van der Waals surface area contributed by atoms with Crippen molar-refractivity contribution < 1.29 is 9.90 Å². The lowest BCUT2D eigenvalue weighted by Crippen LogP contribution is -2.27. The zero-order valence-corrected chi connectivity index (χ0v) is 12.7. The van der Waals surface area contributed by atoms with Crippen LogP contribution >= 0.6 is 0 Å². The van der Waals surface area contributed by atoms with E-state index in [-0.39, 0.29) is 5.92 Å². The molecule has 114 valence electrons. The second-order valence-electron chi connectivity index (χ2n) is 5.31. The summed E-state index contributed by atoms with van der Waals surface area (Å²) < 4.78 is 0. The van der Waals surface area contributed by atoms with E-state index >= 15 is 0 Å². The Balaban J connectivity index is 2.13. The Morgan fingerprint density at radius 3 is 2.09 bits per heavy atom. The maximum absolute atomic E-state index is 12.0. The minimum Gasteiger partial charge on any atom is -0.378 e. The van der Waals surface area contributed by atoms with Crippen molar-refractivity contribution in [2.45, 2.75) is 20.0 Å². The molecule has 2 aromatic rings. The number of carbonyl (C=O) groups is 1. The molecular formula is C18H20N2O2. The molecule has 0 saturated carbocycles. The van der Waals surface area contributed by atoms with Crippen LogP contribution in [0.25, 0.3) is 0 Å². The summed E-state index contributed by atoms with van der Waals surface area (Å²) >= 11 is 0. The quantitative estimate of drug-likeness (QED) is 0.658. The molecule has 0 spiro atoms. The highest BCUT2D eigenvalue weighted by Gasteiger charge is 2.17. The van der Waals surface area contributed by atoms with Gasteiger partial charge in [-0.2, -0.15) is 5.10 Å². The lowest BCUT2D eigenvalue weighted by molar-refractivity contribution is -0.129. The fraction of sp³-hybridized carbons (Fsp3) is 0.222. The molecule has 0 aliphatic rings. The fourth-order valence-electron chi connectivity index (χ4n) is 2.10. The Morgan fingerprint density at radius 1 is 1.00 bits per heavy atom. The third-order valence-electron chi connectivity index (χ3n) is 3.27. The molecule has 2 rings (SSSR count). The summed E-state index contributed by atoms with van der Waals surface area (Å²) in [5.41, 5.74) is 4.73. The predicted octanol–water partition coefficient (Wildman–Crippen LogP) is 2.90. The number of hydrazone groups is 1. The number of nitrogens with zero attached hydrogens (tertiary/aromatic N) is 1. The topological polar surface area (TPSA) is 61.7 Å². The number of amides is 1. The summed E-state index contributed by atoms with van der Waals surface area (Å²) in [6.07, 6.45) is -1.23. The number of aliphatic hydroxyl groups is 1. The van der Waals surface area contributed by atoms with Gasteiger partial charge in [0.25, 0.3) is 5.91 Å². The molecule has 4 nitrogen and oxygen atoms in total. The van der Waals surface area contributed by atoms with E-state index in [1.807, 2.05) is 50.2 Å². The van der Waals surface area contributed by atoms with Gasteiger partial charge in [-0.25, -0.2) is 5.43 Å². The molecule has 4 heteroatoms. The molecule has 0 aliphatic carbocycles. The van der Waals surface area contributed by atoms with E-state index in [0.717, 1.165) is 11.3 Å². The van der Waals surface area contributed by atoms with E-state index < -0.39 is 12.0 Å². The minimum atomic E-state index is -1.23. The fourth-order valence-corrected chi connectivity index (χ4v) is 2.10. The highest BCUT2D eigenvalue weighted by molar-refractivity contribution is 6.02. The maximum atomic E-state index is 12.0. The van der Waals surface area contributed by atoms with Gasteiger partial charge in [-0.3, -0.25) is 4.79 Å². The normalized spacial score (nSPS) is 13.0. The van der Waals surface area contributed by atoms with Gasteiger partial charge in [-0.1, -0.05) is 74.5 Å². The lowest BCUT2D eigenvalue weighted by atomic mass is 10.0. The largest absolute Gasteiger partial charge is 0.378 e. The number of benzene rings is 2. The van der Waals surface area contributed by atoms with Crippen molar-refractivity contribution >= 4 is 11.6 Å². The minimum absolute atomic E-state index is 0.150. The third kappa shape index (κ3) is 4.02. The molecule has 0 saturated heterocycles. The molecule has 1 amide bonds. The number of carbonyl (C=O) groups excluding carboxylic acids is 1. The van der Waals surface area contributed by atoms with E-state index in [2.05, 4.69) is 10.5 Å². The second-order valence-corrected chi connectivity index (χ2v) is 5.31. The number of hydrogen-bond acceptors (Lipinski definition) is 3. The first kappa shape index (κ1) is 15.9. The molecule has 0 aromatic heterocycles. The molecule has 2 aromatic carbocycles. The van der Waals surface area contributed by atoms with Crippen LogP contribution in [0.15, 0.2) is 65.8 Å². The van der Waals surface area contributed by atoms with Crippen molar-refractivity contribution in [3.63, 3.8) is 0 Å². The van der Waals surface area contributed by atoms with Gasteiger partial charge in [0.1, 0.15) is 0 Å². The van der Waals surface area contributed by atoms with Crippen molar-refractivity contribution in [3.8, 4) is 0 Å². The van der Waals surface area contributed by atoms with E-state index in [1.165, 1.54) is 0 Å². The average molecular weight is 296 g/mol. The zero-order valence-electron chi connectivity index (χ0n) is 12.7. The molecule has 0 radical (unpaired) electrons. The molecule has 0 bridgehead atoms. The van der Waals surface area contributed by atoms with Crippen LogP contribution in [0.3, 0.4) is 0 Å². The van der Waals surface area contributed by atoms with Crippen LogP contribution in [0, 0.1) is 5.92 Å². The van der Waals surface area contributed by atoms with Gasteiger partial charge in [0.2, 0.25) is 0 Å². The Morgan fingerprint density at radius 2 is 1.55 bits per heavy atom. The number of aliphatic hydroxyl groups excluding tert-OH is 1. The summed E-state index contributed by atoms with van der Waals surface area (Å²) in [6, 6.07) is 18.5. The molecular weight excluding hydrogens is 276 g/mol. The Hall–Kier alpha value is -2.46. The summed E-state index contributed by atoms with van der Waals surface area (Å²) in [6.45, 7) is 4.01. The molecule has 0 aliphatic heterocycles. The van der Waals surface area contributed by atoms with E-state index in [9.17, 15) is 9.90 Å². The molecule has 2 N–H and O–H groups in total. The second kappa shape index (κ2) is 7.52. The lowest BCUT2D eigenvalue weighted by Gasteiger charge is -2.13. The van der Waals surface area contributed by atoms with Crippen LogP contribution < -0.4 is 5.43 Å². The molecule has 0 heterocycles. The van der Waals surface area contributed by atoms with Crippen LogP contribution in [0.4, 0.5) is 0 Å². The molecule has 0 fully saturated rings. The highest BCUT2D eigenvalue weighted by Crippen LogP contribution is 2.13. The predicted molar refractivity (Wildman–Crippen MR) is 87.4 cm³/mol. The summed E-state index contributed by atoms with van der Waals surface area (Å²) in [5, 5.41) is 14.2. The van der Waals surface area contributed by atoms with Gasteiger partial charge in [0.15, 0.2) is 6.10 Å². The number of rotatable bonds is 5. The monoisotopic (exact) mass is 296 g/mol. The van der Waals surface area contributed by atoms with Gasteiger partial charge in [0, 0.05) is 0 Å². The van der Waals surface area contributed by atoms with Crippen molar-refractivity contribution in [2.24, 2.45) is 11.0 Å². The van der Waals surface area contributed by atoms with Crippen LogP contribution in [0.2, 0.25) is 0 Å². The number of hydrogen-bond donors (Lipinski definition) is 2. The van der Waals surface area contributed by atoms with Crippen molar-refractivity contribution in [2.75, 3.05) is 0 Å². The highest BCUT2D eigenvalue weighted by atomic mass is 16.3. The first-order chi connectivity index (χ1) is 10.6. The van der Waals surface area contributed by atoms with Gasteiger partial charge in [-0.15, -0.1) is 0 Å². The van der Waals surface area contributed by atoms with Crippen molar-refractivity contribution in [3.05, 3.63) is 71.8 Å². The summed E-state index contributed by atoms with van der Waals surface area (Å²) in [4.78, 5) is 12.0. The van der Waals surface area contributed by atoms with E-state index in [1.54, 1.807) is 24.3 Å². The summed E-state index contributed by atoms with van der Waals surface area (Å²) in [7, 11) is 0. The third-order valence-corrected chi connectivity index (χ3v) is 3.27. The smallest absolute Gasteiger partial charge is 0.273 e. The Bertz CT molecular complexity index is 637. The zero-order chi connectivity index (χ0) is 15.9. The van der Waals surface area contributed by atoms with E-state index in [4.69, 9.17) is 0 Å². The van der Waals surface area contributed by atoms with Crippen molar-refractivity contribution in [1.82, 2.24) is 5.43 Å². The molecule has 1 unspecified atom stereocenters. The van der Waals surface area contributed by atoms with Gasteiger partial charge in [-0.05, 0) is 17.0 Å². The first-order valence-corrected chi connectivity index (χ1v) is 7.25. The summed E-state index contributed by atoms with van der Waals surface area (Å²) in [5.74, 6) is -0.392. The standard InChI is InChI=1S/C18H20N2O2/c1-13(2)16(14-9-5-3-6-10-14)19-20-18(22)17(21)15-11-7-4-8-12-15/h3-13,17,21H,1-2H3,(H,20,22)/b19-16+. The van der Waals surface area contributed by atoms with E-state index in [0.29, 0.717) is 5.56 Å².